The molecule has 0 heterocycles. The second-order valence-electron chi connectivity index (χ2n) is 4.66. The minimum absolute atomic E-state index is 0.368. The first-order chi connectivity index (χ1) is 10.7. The molecule has 0 aliphatic heterocycles. The predicted octanol–water partition coefficient (Wildman–Crippen LogP) is 3.27. The van der Waals surface area contributed by atoms with E-state index < -0.39 is 0 Å². The summed E-state index contributed by atoms with van der Waals surface area (Å²) in [6, 6.07) is 13.1. The molecule has 0 atom stereocenters. The molecule has 2 rings (SSSR count). The molecule has 0 saturated carbocycles. The number of hydrogen-bond donors (Lipinski definition) is 1. The van der Waals surface area contributed by atoms with Crippen molar-refractivity contribution in [3.8, 4) is 17.2 Å². The highest BCUT2D eigenvalue weighted by Crippen LogP contribution is 2.23. The van der Waals surface area contributed by atoms with Crippen molar-refractivity contribution in [3.63, 3.8) is 0 Å². The van der Waals surface area contributed by atoms with Crippen LogP contribution in [0.5, 0.6) is 17.2 Å². The number of methoxy groups -OCH3 is 1. The fourth-order valence-electron chi connectivity index (χ4n) is 1.88. The van der Waals surface area contributed by atoms with Gasteiger partial charge in [-0.05, 0) is 31.2 Å². The van der Waals surface area contributed by atoms with Crippen molar-refractivity contribution in [2.24, 2.45) is 5.16 Å². The van der Waals surface area contributed by atoms with E-state index in [2.05, 4.69) is 5.16 Å². The number of aryl methyl sites for hydroxylation is 1. The van der Waals surface area contributed by atoms with Gasteiger partial charge in [-0.2, -0.15) is 0 Å². The molecule has 0 fully saturated rings. The summed E-state index contributed by atoms with van der Waals surface area (Å²) in [6.45, 7) is 2.81. The maximum atomic E-state index is 8.67. The summed E-state index contributed by atoms with van der Waals surface area (Å²) in [5, 5.41) is 11.7. The molecule has 116 valence electrons. The van der Waals surface area contributed by atoms with Gasteiger partial charge >= 0.3 is 0 Å². The lowest BCUT2D eigenvalue weighted by atomic mass is 10.2. The minimum atomic E-state index is 0.368. The molecule has 0 aliphatic carbocycles. The third-order valence-electron chi connectivity index (χ3n) is 3.05. The zero-order chi connectivity index (χ0) is 15.8. The highest BCUT2D eigenvalue weighted by Gasteiger charge is 2.05. The normalized spacial score (nSPS) is 10.6. The van der Waals surface area contributed by atoms with E-state index in [1.165, 1.54) is 11.8 Å². The Morgan fingerprint density at radius 3 is 2.36 bits per heavy atom. The smallest absolute Gasteiger partial charge is 0.132 e. The SMILES string of the molecule is COc1ccc(/C=N/O)c(OCCOc2ccc(C)cc2)c1. The van der Waals surface area contributed by atoms with E-state index in [9.17, 15) is 0 Å². The molecular weight excluding hydrogens is 282 g/mol. The van der Waals surface area contributed by atoms with Crippen LogP contribution < -0.4 is 14.2 Å². The van der Waals surface area contributed by atoms with Crippen molar-refractivity contribution in [2.45, 2.75) is 6.92 Å². The van der Waals surface area contributed by atoms with E-state index in [0.717, 1.165) is 5.75 Å². The molecule has 0 saturated heterocycles. The zero-order valence-corrected chi connectivity index (χ0v) is 12.7. The summed E-state index contributed by atoms with van der Waals surface area (Å²) in [5.74, 6) is 2.05. The molecule has 0 amide bonds. The lowest BCUT2D eigenvalue weighted by Crippen LogP contribution is -2.10. The lowest BCUT2D eigenvalue weighted by molar-refractivity contribution is 0.216. The molecule has 5 nitrogen and oxygen atoms in total. The molecule has 0 aromatic heterocycles. The van der Waals surface area contributed by atoms with Gasteiger partial charge in [-0.25, -0.2) is 0 Å². The molecule has 5 heteroatoms. The number of benzene rings is 2. The summed E-state index contributed by atoms with van der Waals surface area (Å²) < 4.78 is 16.4. The van der Waals surface area contributed by atoms with E-state index in [0.29, 0.717) is 30.3 Å². The fraction of sp³-hybridized carbons (Fsp3) is 0.235. The summed E-state index contributed by atoms with van der Waals surface area (Å²) in [4.78, 5) is 0. The lowest BCUT2D eigenvalue weighted by Gasteiger charge is -2.11. The van der Waals surface area contributed by atoms with E-state index in [4.69, 9.17) is 19.4 Å². The van der Waals surface area contributed by atoms with Crippen LogP contribution in [0, 0.1) is 6.92 Å². The monoisotopic (exact) mass is 301 g/mol. The highest BCUT2D eigenvalue weighted by molar-refractivity contribution is 5.83. The Bertz CT molecular complexity index is 623. The molecule has 0 radical (unpaired) electrons. The molecule has 0 aliphatic rings. The first-order valence-electron chi connectivity index (χ1n) is 6.90. The van der Waals surface area contributed by atoms with E-state index in [-0.39, 0.29) is 0 Å². The fourth-order valence-corrected chi connectivity index (χ4v) is 1.88. The number of ether oxygens (including phenoxy) is 3. The Labute approximate surface area is 129 Å². The van der Waals surface area contributed by atoms with Gasteiger partial charge in [0.05, 0.1) is 13.3 Å². The van der Waals surface area contributed by atoms with Gasteiger partial charge < -0.3 is 19.4 Å². The minimum Gasteiger partial charge on any atom is -0.497 e. The topological polar surface area (TPSA) is 60.3 Å². The van der Waals surface area contributed by atoms with Crippen LogP contribution >= 0.6 is 0 Å². The standard InChI is InChI=1S/C17H19NO4/c1-13-3-6-15(7-4-13)21-9-10-22-17-11-16(20-2)8-5-14(17)12-18-19/h3-8,11-12,19H,9-10H2,1-2H3/b18-12+. The van der Waals surface area contributed by atoms with Gasteiger partial charge in [-0.3, -0.25) is 0 Å². The maximum absolute atomic E-state index is 8.67. The van der Waals surface area contributed by atoms with Gasteiger partial charge in [-0.15, -0.1) is 0 Å². The van der Waals surface area contributed by atoms with Crippen LogP contribution in [0.1, 0.15) is 11.1 Å². The van der Waals surface area contributed by atoms with Crippen molar-refractivity contribution < 1.29 is 19.4 Å². The van der Waals surface area contributed by atoms with Crippen LogP contribution in [0.4, 0.5) is 0 Å². The van der Waals surface area contributed by atoms with Crippen molar-refractivity contribution in [2.75, 3.05) is 20.3 Å². The Morgan fingerprint density at radius 2 is 1.68 bits per heavy atom. The molecule has 1 N–H and O–H groups in total. The number of hydrogen-bond acceptors (Lipinski definition) is 5. The third kappa shape index (κ3) is 4.41. The second-order valence-corrected chi connectivity index (χ2v) is 4.66. The van der Waals surface area contributed by atoms with Crippen LogP contribution in [-0.2, 0) is 0 Å². The van der Waals surface area contributed by atoms with Crippen LogP contribution in [-0.4, -0.2) is 31.7 Å². The van der Waals surface area contributed by atoms with Gasteiger partial charge in [0.1, 0.15) is 30.5 Å². The Hall–Kier alpha value is -2.69. The largest absolute Gasteiger partial charge is 0.497 e. The molecule has 0 bridgehead atoms. The summed E-state index contributed by atoms with van der Waals surface area (Å²) in [6.07, 6.45) is 1.32. The van der Waals surface area contributed by atoms with Gasteiger partial charge in [0.25, 0.3) is 0 Å². The summed E-state index contributed by atoms with van der Waals surface area (Å²) in [5.41, 5.74) is 1.85. The van der Waals surface area contributed by atoms with Gasteiger partial charge in [0.15, 0.2) is 0 Å². The first kappa shape index (κ1) is 15.7. The Balaban J connectivity index is 1.91. The first-order valence-corrected chi connectivity index (χ1v) is 6.90. The average molecular weight is 301 g/mol. The molecule has 22 heavy (non-hydrogen) atoms. The van der Waals surface area contributed by atoms with Gasteiger partial charge in [-0.1, -0.05) is 22.9 Å². The zero-order valence-electron chi connectivity index (χ0n) is 12.7. The van der Waals surface area contributed by atoms with Crippen molar-refractivity contribution >= 4 is 6.21 Å². The molecule has 0 unspecified atom stereocenters. The predicted molar refractivity (Wildman–Crippen MR) is 84.5 cm³/mol. The van der Waals surface area contributed by atoms with Crippen LogP contribution in [0.15, 0.2) is 47.6 Å². The van der Waals surface area contributed by atoms with Crippen LogP contribution in [0.2, 0.25) is 0 Å². The van der Waals surface area contributed by atoms with Crippen LogP contribution in [0.25, 0.3) is 0 Å². The van der Waals surface area contributed by atoms with E-state index in [1.807, 2.05) is 31.2 Å². The number of oxime groups is 1. The van der Waals surface area contributed by atoms with Crippen molar-refractivity contribution in [1.82, 2.24) is 0 Å². The van der Waals surface area contributed by atoms with Crippen molar-refractivity contribution in [3.05, 3.63) is 53.6 Å². The van der Waals surface area contributed by atoms with Gasteiger partial charge in [0.2, 0.25) is 0 Å². The number of nitrogens with zero attached hydrogens (tertiary/aromatic N) is 1. The summed E-state index contributed by atoms with van der Waals surface area (Å²) in [7, 11) is 1.58. The molecule has 0 spiro atoms. The Morgan fingerprint density at radius 1 is 1.00 bits per heavy atom. The number of rotatable bonds is 7. The highest BCUT2D eigenvalue weighted by atomic mass is 16.5. The quantitative estimate of drug-likeness (QED) is 0.369. The van der Waals surface area contributed by atoms with E-state index >= 15 is 0 Å². The molecule has 2 aromatic carbocycles. The van der Waals surface area contributed by atoms with Crippen molar-refractivity contribution in [1.29, 1.82) is 0 Å². The molecular formula is C17H19NO4. The van der Waals surface area contributed by atoms with Gasteiger partial charge in [0, 0.05) is 11.6 Å². The second kappa shape index (κ2) is 7.93. The summed E-state index contributed by atoms with van der Waals surface area (Å²) >= 11 is 0. The maximum Gasteiger partial charge on any atom is 0.132 e. The van der Waals surface area contributed by atoms with E-state index in [1.54, 1.807) is 25.3 Å². The molecule has 2 aromatic rings. The van der Waals surface area contributed by atoms with Crippen LogP contribution in [0.3, 0.4) is 0 Å². The third-order valence-corrected chi connectivity index (χ3v) is 3.05. The Kier molecular flexibility index (Phi) is 5.65. The average Bonchev–Trinajstić information content (AvgIpc) is 2.54.